The van der Waals surface area contributed by atoms with E-state index in [1.807, 2.05) is 78.9 Å². The Bertz CT molecular complexity index is 2200. The number of ketones is 2. The Morgan fingerprint density at radius 3 is 1.48 bits per heavy atom. The summed E-state index contributed by atoms with van der Waals surface area (Å²) in [5.41, 5.74) is 30.4. The van der Waals surface area contributed by atoms with Crippen LogP contribution in [0.15, 0.2) is 110 Å². The Morgan fingerprint density at radius 2 is 1.08 bits per heavy atom. The largest absolute Gasteiger partial charge is 0.550 e. The topological polar surface area (TPSA) is 329 Å². The van der Waals surface area contributed by atoms with E-state index in [9.17, 15) is 33.9 Å². The number of nitrogens with zero attached hydrogens (tertiary/aromatic N) is 1. The number of carboxylic acids is 4. The standard InChI is InChI=1S/2C17H14O3S.C6H14N4O2.C6H14N2O2.Y/c2*1-10(17(19)20)11-6-7-15-12(8-11)9-14(18)13-4-2-3-5-16(13)21-15;7-4(5(11)12)2-1-3-10-6(8)9;7-4-2-1-3-5(8)6(9)10;/h2*2-8,10H,9H2,1H3,(H,19,20);4H,1-3,7H2,(H,11,12)(H4,8,9,10);5H,1-4,7-8H2,(H,9,10);/p-1/t;;4-;5-;/m..11./s1. The predicted molar refractivity (Wildman–Crippen MR) is 244 cm³/mol. The van der Waals surface area contributed by atoms with Gasteiger partial charge in [0.2, 0.25) is 0 Å². The van der Waals surface area contributed by atoms with Gasteiger partial charge in [0.1, 0.15) is 12.1 Å². The van der Waals surface area contributed by atoms with Crippen LogP contribution in [0.5, 0.6) is 0 Å². The Morgan fingerprint density at radius 1 is 0.646 bits per heavy atom. The van der Waals surface area contributed by atoms with E-state index >= 15 is 0 Å². The number of Topliss-reactive ketones (excluding diaryl/α,β-unsaturated/α-hetero) is 2. The van der Waals surface area contributed by atoms with Gasteiger partial charge in [0.15, 0.2) is 17.5 Å². The third kappa shape index (κ3) is 18.1. The molecule has 0 fully saturated rings. The molecule has 13 N–H and O–H groups in total. The van der Waals surface area contributed by atoms with E-state index in [4.69, 9.17) is 44.0 Å². The van der Waals surface area contributed by atoms with Crippen LogP contribution in [0.1, 0.15) is 101 Å². The Hall–Kier alpha value is -4.95. The van der Waals surface area contributed by atoms with Crippen LogP contribution in [0.25, 0.3) is 0 Å². The van der Waals surface area contributed by atoms with Crippen molar-refractivity contribution < 1.29 is 81.9 Å². The van der Waals surface area contributed by atoms with Crippen LogP contribution in [0.2, 0.25) is 0 Å². The molecule has 0 aromatic heterocycles. The molecular weight excluding hydrogens is 950 g/mol. The molecule has 2 unspecified atom stereocenters. The van der Waals surface area contributed by atoms with Crippen molar-refractivity contribution in [3.05, 3.63) is 118 Å². The summed E-state index contributed by atoms with van der Waals surface area (Å²) >= 11 is 3.12. The molecule has 4 atom stereocenters. The minimum atomic E-state index is -1.11. The molecule has 0 amide bonds. The number of nitrogens with two attached hydrogens (primary N) is 5. The number of carbonyl (C=O) groups excluding carboxylic acids is 3. The fourth-order valence-corrected chi connectivity index (χ4v) is 8.26. The molecule has 2 aliphatic heterocycles. The summed E-state index contributed by atoms with van der Waals surface area (Å²) in [7, 11) is 0. The Labute approximate surface area is 411 Å². The van der Waals surface area contributed by atoms with Crippen molar-refractivity contribution in [3.8, 4) is 0 Å². The monoisotopic (exact) mass is 1000 g/mol. The van der Waals surface area contributed by atoms with Gasteiger partial charge >= 0.3 is 17.9 Å². The van der Waals surface area contributed by atoms with Crippen LogP contribution in [-0.2, 0) is 64.7 Å². The van der Waals surface area contributed by atoms with Gasteiger partial charge in [-0.05, 0) is 85.7 Å². The fraction of sp³-hybridized carbons (Fsp3) is 0.326. The number of aliphatic carboxylic acids is 4. The smallest absolute Gasteiger partial charge is 0.320 e. The van der Waals surface area contributed by atoms with E-state index in [1.165, 1.54) is 0 Å². The normalized spacial score (nSPS) is 13.8. The van der Waals surface area contributed by atoms with Crippen LogP contribution in [0.4, 0.5) is 0 Å². The van der Waals surface area contributed by atoms with Crippen LogP contribution in [0, 0.1) is 0 Å². The summed E-state index contributed by atoms with van der Waals surface area (Å²) in [5, 5.41) is 36.8. The quantitative estimate of drug-likeness (QED) is 0.0499. The van der Waals surface area contributed by atoms with Gasteiger partial charge in [-0.25, -0.2) is 0 Å². The van der Waals surface area contributed by atoms with Crippen LogP contribution in [0.3, 0.4) is 0 Å². The molecule has 19 heteroatoms. The zero-order chi connectivity index (χ0) is 47.5. The van der Waals surface area contributed by atoms with E-state index in [0.717, 1.165) is 60.2 Å². The maximum Gasteiger partial charge on any atom is 0.320 e. The minimum absolute atomic E-state index is 0. The first kappa shape index (κ1) is 56.2. The predicted octanol–water partition coefficient (Wildman–Crippen LogP) is 4.17. The van der Waals surface area contributed by atoms with Gasteiger partial charge in [0, 0.05) is 94.7 Å². The molecule has 2 aliphatic rings. The number of hydrogen-bond donors (Lipinski definition) is 8. The van der Waals surface area contributed by atoms with Crippen molar-refractivity contribution in [2.24, 2.45) is 33.7 Å². The second-order valence-electron chi connectivity index (χ2n) is 14.9. The van der Waals surface area contributed by atoms with E-state index in [0.29, 0.717) is 50.8 Å². The number of aliphatic imine (C=N–C) groups is 1. The minimum Gasteiger partial charge on any atom is -0.550 e. The summed E-state index contributed by atoms with van der Waals surface area (Å²) in [6.45, 7) is 4.28. The zero-order valence-corrected chi connectivity index (χ0v) is 40.7. The molecule has 65 heavy (non-hydrogen) atoms. The molecule has 16 nitrogen and oxygen atoms in total. The third-order valence-corrected chi connectivity index (χ3v) is 12.4. The number of carbonyl (C=O) groups is 6. The average Bonchev–Trinajstić information content (AvgIpc) is 3.50. The first-order valence-corrected chi connectivity index (χ1v) is 22.0. The number of fused-ring (bicyclic) bond motifs is 4. The second-order valence-corrected chi connectivity index (χ2v) is 17.0. The molecule has 4 aromatic carbocycles. The van der Waals surface area contributed by atoms with Crippen molar-refractivity contribution in [2.75, 3.05) is 13.1 Å². The van der Waals surface area contributed by atoms with Gasteiger partial charge in [0.25, 0.3) is 0 Å². The molecule has 1 radical (unpaired) electrons. The number of guanidine groups is 1. The molecule has 345 valence electrons. The first-order valence-electron chi connectivity index (χ1n) is 20.4. The van der Waals surface area contributed by atoms with Crippen molar-refractivity contribution >= 4 is 64.9 Å². The van der Waals surface area contributed by atoms with Crippen LogP contribution >= 0.6 is 23.5 Å². The van der Waals surface area contributed by atoms with Crippen molar-refractivity contribution in [1.82, 2.24) is 0 Å². The molecule has 2 heterocycles. The molecule has 0 spiro atoms. The van der Waals surface area contributed by atoms with E-state index in [-0.39, 0.29) is 50.2 Å². The third-order valence-electron chi connectivity index (χ3n) is 9.98. The molecule has 0 saturated heterocycles. The van der Waals surface area contributed by atoms with Crippen LogP contribution in [-0.4, -0.2) is 81.9 Å². The molecule has 4 aromatic rings. The maximum atomic E-state index is 12.4. The first-order chi connectivity index (χ1) is 30.3. The van der Waals surface area contributed by atoms with E-state index in [2.05, 4.69) is 4.99 Å². The van der Waals surface area contributed by atoms with Gasteiger partial charge in [-0.2, -0.15) is 0 Å². The van der Waals surface area contributed by atoms with Crippen molar-refractivity contribution in [3.63, 3.8) is 0 Å². The number of rotatable bonds is 14. The molecule has 0 saturated carbocycles. The number of benzene rings is 4. The molecular formula is C46H55N6O10S2Y-. The Kier molecular flexibility index (Phi) is 24.3. The summed E-state index contributed by atoms with van der Waals surface area (Å²) in [5.74, 6) is -4.98. The van der Waals surface area contributed by atoms with Gasteiger partial charge in [-0.1, -0.05) is 97.5 Å². The van der Waals surface area contributed by atoms with Gasteiger partial charge in [0.05, 0.1) is 5.92 Å². The number of carboxylic acid groups (broad SMARTS) is 4. The van der Waals surface area contributed by atoms with Gasteiger partial charge in [-0.15, -0.1) is 0 Å². The molecule has 0 aliphatic carbocycles. The summed E-state index contributed by atoms with van der Waals surface area (Å²) < 4.78 is 0. The van der Waals surface area contributed by atoms with Crippen LogP contribution < -0.4 is 33.8 Å². The molecule has 0 bridgehead atoms. The van der Waals surface area contributed by atoms with E-state index < -0.39 is 47.8 Å². The van der Waals surface area contributed by atoms with Gasteiger partial charge in [-0.3, -0.25) is 29.0 Å². The van der Waals surface area contributed by atoms with Crippen molar-refractivity contribution in [2.45, 2.75) is 102 Å². The number of hydrogen-bond acceptors (Lipinski definition) is 13. The Balaban J connectivity index is 0.000000312. The summed E-state index contributed by atoms with van der Waals surface area (Å²) in [6.07, 6.45) is 3.74. The fourth-order valence-electron chi connectivity index (χ4n) is 6.11. The zero-order valence-electron chi connectivity index (χ0n) is 36.2. The SMILES string of the molecule is CC(C(=O)O)c1ccc2c(c1)CC(=O)c1ccccc1S2.CC(C(=O)[O-])c1ccc2c(c1)CC(=O)c1ccccc1S2.NC(N)=NCCC[C@@H](N)C(=O)O.NCCCC[C@@H](N)C(=O)O.[Y]. The number of unbranched alkanes of at least 4 members (excludes halogenated alkanes) is 1. The van der Waals surface area contributed by atoms with E-state index in [1.54, 1.807) is 43.4 Å². The second kappa shape index (κ2) is 28.2. The maximum absolute atomic E-state index is 12.4. The summed E-state index contributed by atoms with van der Waals surface area (Å²) in [4.78, 5) is 74.8. The average molecular weight is 1010 g/mol. The molecule has 6 rings (SSSR count). The summed E-state index contributed by atoms with van der Waals surface area (Å²) in [6, 6.07) is 24.7. The van der Waals surface area contributed by atoms with Crippen molar-refractivity contribution in [1.29, 1.82) is 0 Å². The van der Waals surface area contributed by atoms with Gasteiger partial charge < -0.3 is 53.9 Å².